The Labute approximate surface area is 852 Å². The maximum absolute atomic E-state index is 6.58. The molecule has 6 saturated heterocycles. The number of aryl methyl sites for hydroxylation is 3. The van der Waals surface area contributed by atoms with Crippen LogP contribution in [0.3, 0.4) is 0 Å². The monoisotopic (exact) mass is 2030 g/mol. The molecule has 27 heteroatoms. The van der Waals surface area contributed by atoms with Gasteiger partial charge in [0.2, 0.25) is 9.03 Å². The van der Waals surface area contributed by atoms with E-state index in [4.69, 9.17) is 96.9 Å². The van der Waals surface area contributed by atoms with Crippen LogP contribution in [0.5, 0.6) is 28.7 Å². The van der Waals surface area contributed by atoms with Gasteiger partial charge >= 0.3 is 51.6 Å². The molecule has 5 aromatic rings. The van der Waals surface area contributed by atoms with Crippen LogP contribution < -0.4 is 22.6 Å². The van der Waals surface area contributed by atoms with Crippen LogP contribution in [0.4, 0.5) is 0 Å². The number of rotatable bonds is 14. The van der Waals surface area contributed by atoms with Gasteiger partial charge in [0.05, 0.1) is 102 Å². The zero-order chi connectivity index (χ0) is 101. The summed E-state index contributed by atoms with van der Waals surface area (Å²) >= 11 is 0. The standard InChI is InChI=1S/C35H54O6P2.C33H50O6P2.C24H12O6P2.C17H29O2P.18H2/c1-23-15-25(31(3,4)5)29(26(16-23)32(6,7)8)40-42-36-19-35(20-37-42)21-38-43(39-22-35)41-30-27(33(9,10)11)17-24(2)18-28(30)34(12,13)14;1-29(2,3)23-13-15-27(25(17-23)31(7,8)9)38-40-34-19-33(20-35-40)21-36-41(37-22-33)39-28-16-14-24(30(4,5)6)18-26(28)32(10,11)12;1-3-4-5-6-7-8-9-10-11-12-13-14-15-16-17-18-19-26-32-29-22-24(23-30-32)20-27-31(25-2)28-21-24;1-9-18-20-19-15-12(2)10-13(16(3,4)5)11-14(15)17(6,7)8;;;;;;;;;;;;;;;;;;/h15-18H,19-22H2,1-14H3;13-18H,19-22H2,1-12H3;1H,20-23H2,2H3;10-11,20H,9H2,1-8H3;18*1H. The Kier molecular flexibility index (Phi) is 41.2. The molecule has 20 nitrogen and oxygen atoms in total. The highest BCUT2D eigenvalue weighted by Crippen LogP contribution is 2.60. The van der Waals surface area contributed by atoms with Crippen LogP contribution in [0.25, 0.3) is 0 Å². The fourth-order valence-corrected chi connectivity index (χ4v) is 21.5. The van der Waals surface area contributed by atoms with Crippen LogP contribution >= 0.6 is 60.6 Å². The van der Waals surface area contributed by atoms with Crippen LogP contribution in [-0.4, -0.2) is 93.0 Å². The van der Waals surface area contributed by atoms with Crippen molar-refractivity contribution in [3.05, 3.63) is 145 Å². The molecule has 0 aliphatic carbocycles. The van der Waals surface area contributed by atoms with Gasteiger partial charge in [-0.2, -0.15) is 0 Å². The van der Waals surface area contributed by atoms with E-state index in [0.717, 1.165) is 39.9 Å². The van der Waals surface area contributed by atoms with Crippen molar-refractivity contribution >= 4 is 60.6 Å². The number of benzene rings is 5. The van der Waals surface area contributed by atoms with Crippen molar-refractivity contribution in [2.75, 3.05) is 93.0 Å². The van der Waals surface area contributed by atoms with Gasteiger partial charge < -0.3 is 90.5 Å². The van der Waals surface area contributed by atoms with Gasteiger partial charge in [-0.05, 0) is 164 Å². The summed E-state index contributed by atoms with van der Waals surface area (Å²) in [5.41, 5.74) is 14.4. The van der Waals surface area contributed by atoms with E-state index in [9.17, 15) is 0 Å². The average molecular weight is 2030 g/mol. The minimum atomic E-state index is -1.57. The van der Waals surface area contributed by atoms with E-state index >= 15 is 0 Å². The van der Waals surface area contributed by atoms with Crippen LogP contribution in [0, 0.1) is 144 Å². The summed E-state index contributed by atoms with van der Waals surface area (Å²) < 4.78 is 119. The lowest BCUT2D eigenvalue weighted by Crippen LogP contribution is -2.45. The normalized spacial score (nSPS) is 21.9. The Morgan fingerprint density at radius 1 is 0.309 bits per heavy atom. The molecule has 3 spiro atoms. The number of hydrogen-bond donors (Lipinski definition) is 0. The highest BCUT2D eigenvalue weighted by atomic mass is 31.2. The maximum Gasteiger partial charge on any atom is 0.406 e. The third-order valence-electron chi connectivity index (χ3n) is 22.0. The topological polar surface area (TPSA) is 185 Å². The van der Waals surface area contributed by atoms with Gasteiger partial charge in [0.15, 0.2) is 0 Å². The first-order valence-corrected chi connectivity index (χ1v) is 53.1. The molecular formula is C109H181O20P7. The van der Waals surface area contributed by atoms with Crippen molar-refractivity contribution < 1.29 is 116 Å². The molecule has 0 bridgehead atoms. The molecule has 5 aromatic carbocycles. The van der Waals surface area contributed by atoms with Crippen LogP contribution in [-0.2, 0) is 122 Å². The van der Waals surface area contributed by atoms with E-state index in [-0.39, 0.29) is 99.7 Å². The van der Waals surface area contributed by atoms with Crippen molar-refractivity contribution in [3.63, 3.8) is 0 Å². The lowest BCUT2D eigenvalue weighted by atomic mass is 9.78. The molecule has 11 rings (SSSR count). The molecule has 6 heterocycles. The van der Waals surface area contributed by atoms with Gasteiger partial charge in [0, 0.05) is 119 Å². The minimum Gasteiger partial charge on any atom is -0.449 e. The summed E-state index contributed by atoms with van der Waals surface area (Å²) in [4.78, 5) is 0. The molecule has 0 aromatic heterocycles. The van der Waals surface area contributed by atoms with Gasteiger partial charge in [-0.1, -0.05) is 280 Å². The van der Waals surface area contributed by atoms with E-state index in [1.165, 1.54) is 68.3 Å². The fraction of sp³-hybridized carbons (Fsp3) is 0.560. The predicted molar refractivity (Wildman–Crippen MR) is 594 cm³/mol. The van der Waals surface area contributed by atoms with Crippen molar-refractivity contribution in [3.8, 4) is 136 Å². The summed E-state index contributed by atoms with van der Waals surface area (Å²) in [5.74, 6) is 43.6. The van der Waals surface area contributed by atoms with Crippen LogP contribution in [0.15, 0.2) is 72.8 Å². The Morgan fingerprint density at radius 3 is 0.838 bits per heavy atom. The van der Waals surface area contributed by atoms with Gasteiger partial charge in [-0.25, -0.2) is 0 Å². The Balaban J connectivity index is -0.000000194. The minimum absolute atomic E-state index is 0. The summed E-state index contributed by atoms with van der Waals surface area (Å²) in [6.07, 6.45) is 7.35. The Morgan fingerprint density at radius 2 is 0.566 bits per heavy atom. The molecule has 0 amide bonds. The van der Waals surface area contributed by atoms with Gasteiger partial charge in [-0.3, -0.25) is 0 Å². The molecule has 0 radical (unpaired) electrons. The van der Waals surface area contributed by atoms with E-state index in [2.05, 4.69) is 402 Å². The largest absolute Gasteiger partial charge is 0.449 e. The summed E-state index contributed by atoms with van der Waals surface area (Å²) in [6, 6.07) is 26.3. The van der Waals surface area contributed by atoms with Crippen LogP contribution in [0.2, 0.25) is 0 Å². The molecule has 6 aliphatic rings. The van der Waals surface area contributed by atoms with Crippen molar-refractivity contribution in [2.24, 2.45) is 16.2 Å². The summed E-state index contributed by atoms with van der Waals surface area (Å²) in [7, 11) is -7.40. The third kappa shape index (κ3) is 34.9. The van der Waals surface area contributed by atoms with E-state index in [1.54, 1.807) is 0 Å². The summed E-state index contributed by atoms with van der Waals surface area (Å²) in [6.45, 7) is 80.8. The van der Waals surface area contributed by atoms with E-state index in [0.29, 0.717) is 85.9 Å². The SMILES string of the molecule is C#CC#CC#CC#CC#CC#CC#CC#CC#COP1OCC2(COP(OC)OC2)CO1.CC(C)(C)c1ccc(OP2OCC3(CO2)COP(Oc2ccc(C(C)(C)C)cc2C(C)(C)C)OC3)c(C(C)(C)C)c1.CCOPOc1c(C)cc(C(C)(C)C)cc1C(C)(C)C.Cc1cc(C(C)(C)C)c(OP2OCC3(CO2)COP(Oc2c(C(C)(C)C)cc(C)cc2C(C)(C)C)OC3)c(C(C)(C)C)c1.[HH].[HH].[HH].[HH].[HH].[HH].[HH].[HH].[HH].[HH].[HH].[HH].[HH].[HH].[HH].[HH].[HH].[HH]. The summed E-state index contributed by atoms with van der Waals surface area (Å²) in [5, 5.41) is 0. The van der Waals surface area contributed by atoms with Crippen molar-refractivity contribution in [1.82, 2.24) is 0 Å². The second-order valence-corrected chi connectivity index (χ2v) is 52.7. The first-order valence-electron chi connectivity index (χ1n) is 45.8. The molecule has 136 heavy (non-hydrogen) atoms. The molecular weight excluding hydrogens is 1850 g/mol. The molecule has 0 N–H and O–H groups in total. The molecule has 1 atom stereocenters. The first kappa shape index (κ1) is 115. The zero-order valence-corrected chi connectivity index (χ0v) is 93.4. The average Bonchev–Trinajstić information content (AvgIpc) is 0.765. The second kappa shape index (κ2) is 48.9. The lowest BCUT2D eigenvalue weighted by molar-refractivity contribution is -0.0712. The molecule has 772 valence electrons. The van der Waals surface area contributed by atoms with E-state index in [1.807, 2.05) is 6.92 Å². The maximum atomic E-state index is 6.58. The third-order valence-corrected chi connectivity index (χ3v) is 28.6. The second-order valence-electron chi connectivity index (χ2n) is 45.0. The highest BCUT2D eigenvalue weighted by Gasteiger charge is 2.49. The van der Waals surface area contributed by atoms with Gasteiger partial charge in [-0.15, -0.1) is 6.42 Å². The van der Waals surface area contributed by atoms with Crippen molar-refractivity contribution in [2.45, 2.75) is 290 Å². The van der Waals surface area contributed by atoms with Gasteiger partial charge in [0.1, 0.15) is 34.9 Å². The number of terminal acetylenes is 1. The van der Waals surface area contributed by atoms with E-state index < -0.39 is 57.0 Å². The number of hydrogen-bond acceptors (Lipinski definition) is 20. The Bertz CT molecular complexity index is 5290. The smallest absolute Gasteiger partial charge is 0.406 e. The van der Waals surface area contributed by atoms with Gasteiger partial charge in [0.25, 0.3) is 0 Å². The zero-order valence-electron chi connectivity index (χ0n) is 87.0. The first-order chi connectivity index (χ1) is 63.2. The molecule has 1 unspecified atom stereocenters. The van der Waals surface area contributed by atoms with Crippen LogP contribution in [0.1, 0.15) is 313 Å². The van der Waals surface area contributed by atoms with Crippen molar-refractivity contribution in [1.29, 1.82) is 0 Å². The molecule has 6 aliphatic heterocycles. The molecule has 6 fully saturated rings. The predicted octanol–water partition coefficient (Wildman–Crippen LogP) is 32.1. The Hall–Kier alpha value is -6.61. The molecule has 0 saturated carbocycles. The fourth-order valence-electron chi connectivity index (χ4n) is 13.8. The highest BCUT2D eigenvalue weighted by molar-refractivity contribution is 7.43. The lowest BCUT2D eigenvalue weighted by Gasteiger charge is -2.42. The quantitative estimate of drug-likeness (QED) is 0.0580.